The Hall–Kier alpha value is 0.586. The van der Waals surface area contributed by atoms with E-state index in [2.05, 4.69) is 6.92 Å². The number of carbonyl (C=O) groups is 2. The minimum Gasteiger partial charge on any atom is -0.302 e. The van der Waals surface area contributed by atoms with Crippen LogP contribution in [0.25, 0.3) is 0 Å². The molecule has 1 saturated carbocycles. The van der Waals surface area contributed by atoms with Gasteiger partial charge >= 0.3 is 20.4 Å². The first-order valence-electron chi connectivity index (χ1n) is 3.81. The van der Waals surface area contributed by atoms with E-state index < -0.39 is 20.4 Å². The maximum absolute atomic E-state index is 11.0. The Morgan fingerprint density at radius 2 is 1.82 bits per heavy atom. The number of halogens is 1. The quantitative estimate of drug-likeness (QED) is 0.532. The van der Waals surface area contributed by atoms with Crippen molar-refractivity contribution in [2.24, 2.45) is 0 Å². The number of hydrogen-bond acceptors (Lipinski definition) is 2. The summed E-state index contributed by atoms with van der Waals surface area (Å²) in [7, 11) is 0. The normalized spacial score (nSPS) is 17.9. The molecule has 0 amide bonds. The number of carbonyl (C=O) groups excluding carboxylic acids is 2. The van der Waals surface area contributed by atoms with Crippen molar-refractivity contribution in [3.63, 3.8) is 0 Å². The van der Waals surface area contributed by atoms with E-state index in [0.717, 1.165) is 4.55 Å². The van der Waals surface area contributed by atoms with Crippen molar-refractivity contribution in [2.45, 2.75) is 28.4 Å². The zero-order valence-corrected chi connectivity index (χ0v) is 9.76. The molecule has 4 heteroatoms. The fraction of sp³-hybridized carbons (Fsp3) is 0.714. The third kappa shape index (κ3) is 2.84. The van der Waals surface area contributed by atoms with Gasteiger partial charge in [-0.2, -0.15) is 0 Å². The van der Waals surface area contributed by atoms with E-state index in [4.69, 9.17) is 0 Å². The van der Waals surface area contributed by atoms with Crippen LogP contribution >= 0.6 is 17.0 Å². The molecule has 1 aliphatic rings. The standard InChI is InChI=1S/C5H5O2.C2H5.BrH.Mg/c6-4-1-2-5(7)3-4;1-2;;/h3H,1-2H2;1H2,2H3;1H;. The van der Waals surface area contributed by atoms with Crippen molar-refractivity contribution in [2.75, 3.05) is 0 Å². The Bertz CT molecular complexity index is 154. The van der Waals surface area contributed by atoms with Crippen molar-refractivity contribution in [3.8, 4) is 0 Å². The van der Waals surface area contributed by atoms with Gasteiger partial charge in [-0.25, -0.2) is 0 Å². The van der Waals surface area contributed by atoms with Crippen LogP contribution in [-0.2, 0) is 9.59 Å². The molecule has 0 heterocycles. The lowest BCUT2D eigenvalue weighted by Gasteiger charge is -1.99. The van der Waals surface area contributed by atoms with E-state index in [1.54, 1.807) is 0 Å². The second-order valence-electron chi connectivity index (χ2n) is 2.77. The number of rotatable bonds is 2. The molecule has 0 saturated heterocycles. The third-order valence-electron chi connectivity index (χ3n) is 1.97. The summed E-state index contributed by atoms with van der Waals surface area (Å²) in [6.45, 7) is 2.06. The smallest absolute Gasteiger partial charge is 0.302 e. The Balaban J connectivity index is 0.000001000. The van der Waals surface area contributed by atoms with Crippen molar-refractivity contribution < 1.29 is 9.59 Å². The highest BCUT2D eigenvalue weighted by atomic mass is 79.9. The largest absolute Gasteiger partial charge is 0.391 e. The van der Waals surface area contributed by atoms with Crippen LogP contribution in [0.15, 0.2) is 0 Å². The van der Waals surface area contributed by atoms with Crippen molar-refractivity contribution in [1.29, 1.82) is 0 Å². The highest BCUT2D eigenvalue weighted by molar-refractivity contribution is 8.93. The summed E-state index contributed by atoms with van der Waals surface area (Å²) in [6, 6.07) is 0. The summed E-state index contributed by atoms with van der Waals surface area (Å²) >= 11 is -0.396. The van der Waals surface area contributed by atoms with Gasteiger partial charge in [0.15, 0.2) is 0 Å². The van der Waals surface area contributed by atoms with Crippen molar-refractivity contribution in [1.82, 2.24) is 0 Å². The molecule has 60 valence electrons. The molecular weight excluding hydrogens is 220 g/mol. The molecule has 0 aromatic carbocycles. The zero-order chi connectivity index (χ0) is 7.56. The molecule has 0 aromatic rings. The van der Waals surface area contributed by atoms with Gasteiger partial charge < -0.3 is 9.59 Å². The summed E-state index contributed by atoms with van der Waals surface area (Å²) in [5.41, 5.74) is 0. The Morgan fingerprint density at radius 3 is 2.18 bits per heavy atom. The lowest BCUT2D eigenvalue weighted by molar-refractivity contribution is -0.121. The predicted molar refractivity (Wildman–Crippen MR) is 49.6 cm³/mol. The minimum absolute atomic E-state index is 0. The van der Waals surface area contributed by atoms with Gasteiger partial charge in [-0.1, -0.05) is 6.92 Å². The number of ketones is 2. The molecule has 0 aromatic heterocycles. The van der Waals surface area contributed by atoms with Crippen LogP contribution in [0.5, 0.6) is 0 Å². The maximum atomic E-state index is 11.0. The Morgan fingerprint density at radius 1 is 1.36 bits per heavy atom. The molecule has 2 nitrogen and oxygen atoms in total. The zero-order valence-electron chi connectivity index (χ0n) is 6.63. The summed E-state index contributed by atoms with van der Waals surface area (Å²) in [5.74, 6) is 0.442. The van der Waals surface area contributed by atoms with Gasteiger partial charge in [-0.05, 0) is 4.05 Å². The minimum atomic E-state index is -0.396. The highest BCUT2D eigenvalue weighted by Gasteiger charge is 2.31. The van der Waals surface area contributed by atoms with Gasteiger partial charge in [-0.15, -0.1) is 21.5 Å². The molecule has 0 aliphatic heterocycles. The van der Waals surface area contributed by atoms with Gasteiger partial charge in [0.05, 0.1) is 0 Å². The molecule has 0 bridgehead atoms. The van der Waals surface area contributed by atoms with Crippen LogP contribution in [0.2, 0.25) is 8.60 Å². The SMILES string of the molecule is Br.C[CH2][Mg][CH]1C(=O)CCC1=O. The molecule has 0 spiro atoms. The molecule has 0 atom stereocenters. The molecule has 11 heavy (non-hydrogen) atoms. The lowest BCUT2D eigenvalue weighted by atomic mass is 10.3. The predicted octanol–water partition coefficient (Wildman–Crippen LogP) is 1.43. The van der Waals surface area contributed by atoms with Gasteiger partial charge in [0.1, 0.15) is 11.6 Å². The Kier molecular flexibility index (Phi) is 5.55. The first-order valence-corrected chi connectivity index (χ1v) is 5.62. The van der Waals surface area contributed by atoms with Crippen LogP contribution in [0.4, 0.5) is 0 Å². The van der Waals surface area contributed by atoms with E-state index in [-0.39, 0.29) is 32.6 Å². The van der Waals surface area contributed by atoms with E-state index in [1.165, 1.54) is 0 Å². The summed E-state index contributed by atoms with van der Waals surface area (Å²) in [4.78, 5) is 22.0. The summed E-state index contributed by atoms with van der Waals surface area (Å²) in [6.07, 6.45) is 1.05. The van der Waals surface area contributed by atoms with E-state index in [0.29, 0.717) is 12.8 Å². The monoisotopic (exact) mass is 230 g/mol. The highest BCUT2D eigenvalue weighted by Crippen LogP contribution is 2.22. The van der Waals surface area contributed by atoms with Crippen LogP contribution < -0.4 is 0 Å². The fourth-order valence-corrected chi connectivity index (χ4v) is 3.01. The Labute approximate surface area is 86.6 Å². The molecule has 0 radical (unpaired) electrons. The van der Waals surface area contributed by atoms with Crippen molar-refractivity contribution >= 4 is 48.9 Å². The maximum Gasteiger partial charge on any atom is 0.391 e. The van der Waals surface area contributed by atoms with E-state index >= 15 is 0 Å². The van der Waals surface area contributed by atoms with Crippen LogP contribution in [0, 0.1) is 0 Å². The van der Waals surface area contributed by atoms with Crippen LogP contribution in [0.1, 0.15) is 19.8 Å². The number of hydrogen-bond donors (Lipinski definition) is 0. The average molecular weight is 231 g/mol. The second-order valence-corrected chi connectivity index (χ2v) is 5.17. The molecule has 0 unspecified atom stereocenters. The molecular formula is C7H11BrMgO2. The van der Waals surface area contributed by atoms with Crippen LogP contribution in [-0.4, -0.2) is 31.9 Å². The third-order valence-corrected chi connectivity index (χ3v) is 4.04. The molecule has 1 rings (SSSR count). The fourth-order valence-electron chi connectivity index (χ4n) is 1.39. The number of Topliss-reactive ketones (excluding diaryl/α,β-unsaturated/α-hetero) is 2. The topological polar surface area (TPSA) is 34.1 Å². The summed E-state index contributed by atoms with van der Waals surface area (Å²) in [5, 5.41) is 0. The average Bonchev–Trinajstić information content (AvgIpc) is 2.20. The van der Waals surface area contributed by atoms with Crippen LogP contribution in [0.3, 0.4) is 0 Å². The van der Waals surface area contributed by atoms with E-state index in [1.807, 2.05) is 0 Å². The molecule has 1 aliphatic carbocycles. The van der Waals surface area contributed by atoms with Crippen molar-refractivity contribution in [3.05, 3.63) is 0 Å². The molecule has 0 N–H and O–H groups in total. The van der Waals surface area contributed by atoms with E-state index in [9.17, 15) is 9.59 Å². The molecule has 1 fully saturated rings. The first kappa shape index (κ1) is 11.6. The lowest BCUT2D eigenvalue weighted by Crippen LogP contribution is -2.13. The van der Waals surface area contributed by atoms with Gasteiger partial charge in [0.25, 0.3) is 0 Å². The van der Waals surface area contributed by atoms with Gasteiger partial charge in [0, 0.05) is 12.8 Å². The van der Waals surface area contributed by atoms with Gasteiger partial charge in [-0.3, -0.25) is 0 Å². The second kappa shape index (κ2) is 5.27. The first-order chi connectivity index (χ1) is 4.75. The van der Waals surface area contributed by atoms with Gasteiger partial charge in [0.2, 0.25) is 0 Å². The summed E-state index contributed by atoms with van der Waals surface area (Å²) < 4.78 is 0.979.